The first-order valence-electron chi connectivity index (χ1n) is 6.33. The second kappa shape index (κ2) is 6.39. The largest absolute Gasteiger partial charge is 0.457 e. The molecule has 0 bridgehead atoms. The fourth-order valence-electron chi connectivity index (χ4n) is 1.97. The molecule has 2 rings (SSSR count). The summed E-state index contributed by atoms with van der Waals surface area (Å²) in [6.07, 6.45) is 0.898. The number of hydrogen-bond donors (Lipinski definition) is 1. The first kappa shape index (κ1) is 14.3. The smallest absolute Gasteiger partial charge is 0.128 e. The summed E-state index contributed by atoms with van der Waals surface area (Å²) >= 11 is 2.28. The van der Waals surface area contributed by atoms with Crippen LogP contribution in [0.15, 0.2) is 42.5 Å². The van der Waals surface area contributed by atoms with Crippen LogP contribution in [-0.2, 0) is 6.42 Å². The summed E-state index contributed by atoms with van der Waals surface area (Å²) < 4.78 is 7.03. The van der Waals surface area contributed by atoms with Crippen molar-refractivity contribution in [2.24, 2.45) is 5.73 Å². The van der Waals surface area contributed by atoms with Crippen LogP contribution in [0, 0.1) is 10.5 Å². The van der Waals surface area contributed by atoms with Gasteiger partial charge in [0, 0.05) is 9.61 Å². The molecule has 0 spiro atoms. The maximum absolute atomic E-state index is 5.86. The van der Waals surface area contributed by atoms with Gasteiger partial charge >= 0.3 is 0 Å². The average molecular weight is 367 g/mol. The van der Waals surface area contributed by atoms with Crippen molar-refractivity contribution in [1.82, 2.24) is 0 Å². The molecule has 19 heavy (non-hydrogen) atoms. The van der Waals surface area contributed by atoms with Gasteiger partial charge in [-0.2, -0.15) is 0 Å². The molecule has 0 heterocycles. The number of ether oxygens (including phenoxy) is 1. The Balaban J connectivity index is 2.16. The highest BCUT2D eigenvalue weighted by molar-refractivity contribution is 14.1. The molecule has 1 unspecified atom stereocenters. The number of rotatable bonds is 4. The molecule has 0 aliphatic rings. The molecule has 0 aromatic heterocycles. The molecule has 2 nitrogen and oxygen atoms in total. The molecule has 0 saturated carbocycles. The van der Waals surface area contributed by atoms with E-state index in [4.69, 9.17) is 10.5 Å². The van der Waals surface area contributed by atoms with Crippen molar-refractivity contribution < 1.29 is 4.74 Å². The molecule has 100 valence electrons. The molecule has 0 saturated heterocycles. The Hall–Kier alpha value is -1.07. The van der Waals surface area contributed by atoms with Gasteiger partial charge < -0.3 is 10.5 Å². The van der Waals surface area contributed by atoms with Gasteiger partial charge in [-0.05, 0) is 84.3 Å². The SMILES string of the molecule is Cc1cc(Oc2cccc(I)c2)ccc1CC(C)N. The summed E-state index contributed by atoms with van der Waals surface area (Å²) in [4.78, 5) is 0. The molecular formula is C16H18INO. The minimum atomic E-state index is 0.182. The summed E-state index contributed by atoms with van der Waals surface area (Å²) in [5, 5.41) is 0. The predicted molar refractivity (Wildman–Crippen MR) is 87.8 cm³/mol. The van der Waals surface area contributed by atoms with E-state index in [2.05, 4.69) is 41.6 Å². The lowest BCUT2D eigenvalue weighted by atomic mass is 10.0. The van der Waals surface area contributed by atoms with E-state index in [1.807, 2.05) is 37.3 Å². The third-order valence-electron chi connectivity index (χ3n) is 2.89. The van der Waals surface area contributed by atoms with Crippen LogP contribution in [0.25, 0.3) is 0 Å². The minimum Gasteiger partial charge on any atom is -0.457 e. The number of hydrogen-bond acceptors (Lipinski definition) is 2. The minimum absolute atomic E-state index is 0.182. The summed E-state index contributed by atoms with van der Waals surface area (Å²) in [6.45, 7) is 4.12. The Kier molecular flexibility index (Phi) is 4.82. The second-order valence-corrected chi connectivity index (χ2v) is 6.07. The van der Waals surface area contributed by atoms with Gasteiger partial charge in [-0.15, -0.1) is 0 Å². The summed E-state index contributed by atoms with van der Waals surface area (Å²) in [5.74, 6) is 1.74. The quantitative estimate of drug-likeness (QED) is 0.819. The van der Waals surface area contributed by atoms with Gasteiger partial charge in [0.1, 0.15) is 11.5 Å². The molecule has 0 fully saturated rings. The molecule has 2 aromatic rings. The van der Waals surface area contributed by atoms with Gasteiger partial charge in [-0.3, -0.25) is 0 Å². The Morgan fingerprint density at radius 2 is 1.89 bits per heavy atom. The van der Waals surface area contributed by atoms with Crippen molar-refractivity contribution in [3.05, 3.63) is 57.2 Å². The Labute approximate surface area is 128 Å². The van der Waals surface area contributed by atoms with Crippen LogP contribution >= 0.6 is 22.6 Å². The van der Waals surface area contributed by atoms with Crippen LogP contribution in [0.4, 0.5) is 0 Å². The molecule has 0 radical (unpaired) electrons. The van der Waals surface area contributed by atoms with Crippen molar-refractivity contribution in [3.63, 3.8) is 0 Å². The number of halogens is 1. The summed E-state index contributed by atoms with van der Waals surface area (Å²) in [6, 6.07) is 14.4. The number of nitrogens with two attached hydrogens (primary N) is 1. The third kappa shape index (κ3) is 4.21. The maximum Gasteiger partial charge on any atom is 0.128 e. The average Bonchev–Trinajstić information content (AvgIpc) is 2.32. The first-order chi connectivity index (χ1) is 9.04. The fourth-order valence-corrected chi connectivity index (χ4v) is 2.49. The van der Waals surface area contributed by atoms with Gasteiger partial charge in [0.15, 0.2) is 0 Å². The third-order valence-corrected chi connectivity index (χ3v) is 3.56. The first-order valence-corrected chi connectivity index (χ1v) is 7.41. The van der Waals surface area contributed by atoms with Crippen molar-refractivity contribution in [2.45, 2.75) is 26.3 Å². The standard InChI is InChI=1S/C16H18INO/c1-11-8-16(7-6-13(11)9-12(2)18)19-15-5-3-4-14(17)10-15/h3-8,10,12H,9,18H2,1-2H3. The molecule has 3 heteroatoms. The lowest BCUT2D eigenvalue weighted by Gasteiger charge is -2.11. The van der Waals surface area contributed by atoms with E-state index < -0.39 is 0 Å². The highest BCUT2D eigenvalue weighted by Crippen LogP contribution is 2.25. The normalized spacial score (nSPS) is 12.2. The zero-order valence-corrected chi connectivity index (χ0v) is 13.3. The molecular weight excluding hydrogens is 349 g/mol. The molecule has 0 amide bonds. The Morgan fingerprint density at radius 3 is 2.53 bits per heavy atom. The number of aryl methyl sites for hydroxylation is 1. The molecule has 2 aromatic carbocycles. The molecule has 0 aliphatic carbocycles. The zero-order chi connectivity index (χ0) is 13.8. The van der Waals surface area contributed by atoms with Crippen LogP contribution in [0.3, 0.4) is 0 Å². The van der Waals surface area contributed by atoms with E-state index in [1.165, 1.54) is 14.7 Å². The van der Waals surface area contributed by atoms with Gasteiger partial charge in [-0.25, -0.2) is 0 Å². The van der Waals surface area contributed by atoms with Crippen molar-refractivity contribution in [1.29, 1.82) is 0 Å². The summed E-state index contributed by atoms with van der Waals surface area (Å²) in [7, 11) is 0. The molecule has 0 aliphatic heterocycles. The van der Waals surface area contributed by atoms with Gasteiger partial charge in [-0.1, -0.05) is 12.1 Å². The topological polar surface area (TPSA) is 35.2 Å². The van der Waals surface area contributed by atoms with Gasteiger partial charge in [0.2, 0.25) is 0 Å². The summed E-state index contributed by atoms with van der Waals surface area (Å²) in [5.41, 5.74) is 8.34. The second-order valence-electron chi connectivity index (χ2n) is 4.83. The van der Waals surface area contributed by atoms with Crippen LogP contribution in [0.1, 0.15) is 18.1 Å². The Bertz CT molecular complexity index is 566. The van der Waals surface area contributed by atoms with Crippen molar-refractivity contribution in [3.8, 4) is 11.5 Å². The van der Waals surface area contributed by atoms with Crippen molar-refractivity contribution >= 4 is 22.6 Å². The van der Waals surface area contributed by atoms with E-state index in [9.17, 15) is 0 Å². The zero-order valence-electron chi connectivity index (χ0n) is 11.2. The van der Waals surface area contributed by atoms with E-state index in [-0.39, 0.29) is 6.04 Å². The lowest BCUT2D eigenvalue weighted by molar-refractivity contribution is 0.481. The molecule has 1 atom stereocenters. The van der Waals surface area contributed by atoms with Crippen molar-refractivity contribution in [2.75, 3.05) is 0 Å². The lowest BCUT2D eigenvalue weighted by Crippen LogP contribution is -2.18. The van der Waals surface area contributed by atoms with Crippen LogP contribution in [-0.4, -0.2) is 6.04 Å². The predicted octanol–water partition coefficient (Wildman–Crippen LogP) is 4.28. The van der Waals surface area contributed by atoms with E-state index >= 15 is 0 Å². The number of benzene rings is 2. The van der Waals surface area contributed by atoms with Crippen LogP contribution in [0.5, 0.6) is 11.5 Å². The molecule has 2 N–H and O–H groups in total. The highest BCUT2D eigenvalue weighted by atomic mass is 127. The Morgan fingerprint density at radius 1 is 1.16 bits per heavy atom. The van der Waals surface area contributed by atoms with Crippen LogP contribution in [0.2, 0.25) is 0 Å². The monoisotopic (exact) mass is 367 g/mol. The van der Waals surface area contributed by atoms with E-state index in [0.29, 0.717) is 0 Å². The van der Waals surface area contributed by atoms with Crippen LogP contribution < -0.4 is 10.5 Å². The fraction of sp³-hybridized carbons (Fsp3) is 0.250. The van der Waals surface area contributed by atoms with E-state index in [0.717, 1.165) is 17.9 Å². The highest BCUT2D eigenvalue weighted by Gasteiger charge is 2.04. The van der Waals surface area contributed by atoms with Gasteiger partial charge in [0.05, 0.1) is 0 Å². The van der Waals surface area contributed by atoms with Gasteiger partial charge in [0.25, 0.3) is 0 Å². The maximum atomic E-state index is 5.86. The van der Waals surface area contributed by atoms with E-state index in [1.54, 1.807) is 0 Å².